The molecule has 2 N–H and O–H groups in total. The Kier molecular flexibility index (Phi) is 8.93. The van der Waals surface area contributed by atoms with Crippen LogP contribution in [0.3, 0.4) is 0 Å². The minimum absolute atomic E-state index is 0.00754. The van der Waals surface area contributed by atoms with Crippen LogP contribution in [0.15, 0.2) is 72.8 Å². The lowest BCUT2D eigenvalue weighted by Gasteiger charge is -2.30. The predicted octanol–water partition coefficient (Wildman–Crippen LogP) is 9.23. The van der Waals surface area contributed by atoms with Crippen molar-refractivity contribution in [3.05, 3.63) is 95.1 Å². The van der Waals surface area contributed by atoms with Crippen LogP contribution >= 0.6 is 0 Å². The first-order chi connectivity index (χ1) is 22.1. The van der Waals surface area contributed by atoms with E-state index in [0.717, 1.165) is 51.6 Å². The summed E-state index contributed by atoms with van der Waals surface area (Å²) < 4.78 is 0. The van der Waals surface area contributed by atoms with Gasteiger partial charge in [0.15, 0.2) is 0 Å². The van der Waals surface area contributed by atoms with Gasteiger partial charge in [-0.05, 0) is 83.5 Å². The number of rotatable bonds is 6. The normalized spacial score (nSPS) is 12.4. The summed E-state index contributed by atoms with van der Waals surface area (Å²) in [5.41, 5.74) is 8.41. The molecule has 0 aliphatic heterocycles. The molecular weight excluding hydrogens is 584 g/mol. The van der Waals surface area contributed by atoms with Crippen LogP contribution in [0, 0.1) is 6.92 Å². The predicted molar refractivity (Wildman–Crippen MR) is 191 cm³/mol. The lowest BCUT2D eigenvalue weighted by Crippen LogP contribution is -2.21. The molecule has 0 unspecified atom stereocenters. The van der Waals surface area contributed by atoms with Gasteiger partial charge in [-0.25, -0.2) is 0 Å². The minimum Gasteiger partial charge on any atom is -0.505 e. The third-order valence-electron chi connectivity index (χ3n) is 9.41. The molecule has 246 valence electrons. The average molecular weight is 633 g/mol. The zero-order valence-electron chi connectivity index (χ0n) is 29.4. The average Bonchev–Trinajstić information content (AvgIpc) is 3.66. The Hall–Kier alpha value is -4.72. The molecule has 6 aromatic rings. The summed E-state index contributed by atoms with van der Waals surface area (Å²) >= 11 is 0. The Morgan fingerprint density at radius 3 is 1.36 bits per heavy atom. The van der Waals surface area contributed by atoms with Crippen LogP contribution in [0.4, 0.5) is 0 Å². The van der Waals surface area contributed by atoms with Gasteiger partial charge in [0.05, 0.1) is 0 Å². The van der Waals surface area contributed by atoms with Crippen molar-refractivity contribution < 1.29 is 10.2 Å². The number of phenols is 2. The molecule has 6 rings (SSSR count). The van der Waals surface area contributed by atoms with E-state index >= 15 is 0 Å². The first-order valence-electron chi connectivity index (χ1n) is 16.4. The molecule has 2 heterocycles. The number of aromatic hydroxyl groups is 2. The van der Waals surface area contributed by atoms with Crippen molar-refractivity contribution in [2.75, 3.05) is 0 Å². The van der Waals surface area contributed by atoms with Crippen molar-refractivity contribution in [1.82, 2.24) is 30.0 Å². The largest absolute Gasteiger partial charge is 0.505 e. The monoisotopic (exact) mass is 632 g/mol. The first kappa shape index (κ1) is 33.6. The molecule has 0 saturated carbocycles. The van der Waals surface area contributed by atoms with E-state index in [2.05, 4.69) is 88.8 Å². The van der Waals surface area contributed by atoms with Crippen molar-refractivity contribution in [3.63, 3.8) is 0 Å². The second-order valence-corrected chi connectivity index (χ2v) is 14.8. The number of nitrogens with zero attached hydrogens (tertiary/aromatic N) is 6. The first-order valence-corrected chi connectivity index (χ1v) is 16.4. The van der Waals surface area contributed by atoms with E-state index in [1.807, 2.05) is 73.7 Å². The van der Waals surface area contributed by atoms with Crippen molar-refractivity contribution in [2.24, 2.45) is 0 Å². The second kappa shape index (κ2) is 12.5. The standard InChI is InChI=1S/C22H29N3O.C17H19N3O/c1-7-21(3,4)15-13-16(22(5,6)8-2)20(26)19(14-15)25-23-17-11-9-10-12-18(17)24-25;1-11-9-12(17(2,3)4)16(21)15(10-11)20-18-13-7-5-6-8-14(13)19-20/h9-14,26H,7-8H2,1-6H3;5-10,21H,1-4H3. The minimum atomic E-state index is -0.141. The molecule has 0 aliphatic rings. The van der Waals surface area contributed by atoms with Crippen molar-refractivity contribution in [1.29, 1.82) is 0 Å². The van der Waals surface area contributed by atoms with Gasteiger partial charge in [-0.1, -0.05) is 98.7 Å². The molecule has 47 heavy (non-hydrogen) atoms. The van der Waals surface area contributed by atoms with Gasteiger partial charge in [0.2, 0.25) is 0 Å². The Morgan fingerprint density at radius 2 is 0.957 bits per heavy atom. The van der Waals surface area contributed by atoms with E-state index in [1.165, 1.54) is 10.4 Å². The fraction of sp³-hybridized carbons (Fsp3) is 0.385. The molecule has 0 bridgehead atoms. The third kappa shape index (κ3) is 6.73. The van der Waals surface area contributed by atoms with Crippen LogP contribution in [-0.4, -0.2) is 40.2 Å². The van der Waals surface area contributed by atoms with Gasteiger partial charge in [-0.3, -0.25) is 0 Å². The Bertz CT molecular complexity index is 1980. The highest BCUT2D eigenvalue weighted by atomic mass is 16.3. The zero-order valence-corrected chi connectivity index (χ0v) is 29.4. The van der Waals surface area contributed by atoms with E-state index in [0.29, 0.717) is 11.4 Å². The molecule has 0 aliphatic carbocycles. The van der Waals surface area contributed by atoms with Gasteiger partial charge in [0.25, 0.3) is 0 Å². The van der Waals surface area contributed by atoms with Gasteiger partial charge in [-0.15, -0.1) is 30.0 Å². The molecule has 8 nitrogen and oxygen atoms in total. The Morgan fingerprint density at radius 1 is 0.553 bits per heavy atom. The number of aryl methyl sites for hydroxylation is 1. The van der Waals surface area contributed by atoms with Crippen molar-refractivity contribution >= 4 is 22.1 Å². The molecule has 4 aromatic carbocycles. The van der Waals surface area contributed by atoms with Gasteiger partial charge < -0.3 is 10.2 Å². The zero-order chi connectivity index (χ0) is 34.3. The molecule has 8 heteroatoms. The SMILES string of the molecule is CCC(C)(C)c1cc(-n2nc3ccccc3n2)c(O)c(C(C)(C)CC)c1.Cc1cc(-n2nc3ccccc3n2)c(O)c(C(C)(C)C)c1. The fourth-order valence-electron chi connectivity index (χ4n) is 5.49. The van der Waals surface area contributed by atoms with Crippen molar-refractivity contribution in [3.8, 4) is 22.9 Å². The van der Waals surface area contributed by atoms with E-state index < -0.39 is 0 Å². The second-order valence-electron chi connectivity index (χ2n) is 14.8. The maximum Gasteiger partial charge on any atom is 0.146 e. The Labute approximate surface area is 278 Å². The van der Waals surface area contributed by atoms with E-state index in [9.17, 15) is 10.2 Å². The summed E-state index contributed by atoms with van der Waals surface area (Å²) in [5, 5.41) is 39.8. The summed E-state index contributed by atoms with van der Waals surface area (Å²) in [6.45, 7) is 21.4. The number of hydrogen-bond acceptors (Lipinski definition) is 6. The van der Waals surface area contributed by atoms with Crippen LogP contribution in [0.25, 0.3) is 33.4 Å². The van der Waals surface area contributed by atoms with Crippen molar-refractivity contribution in [2.45, 2.75) is 98.3 Å². The summed E-state index contributed by atoms with van der Waals surface area (Å²) in [4.78, 5) is 3.09. The molecular formula is C39H48N6O2. The number of benzene rings is 4. The molecule has 0 fully saturated rings. The topological polar surface area (TPSA) is 102 Å². The van der Waals surface area contributed by atoms with Crippen LogP contribution in [0.2, 0.25) is 0 Å². The molecule has 0 spiro atoms. The molecule has 0 atom stereocenters. The highest BCUT2D eigenvalue weighted by Gasteiger charge is 2.29. The quantitative estimate of drug-likeness (QED) is 0.190. The van der Waals surface area contributed by atoms with Gasteiger partial charge in [0.1, 0.15) is 44.9 Å². The lowest BCUT2D eigenvalue weighted by atomic mass is 9.76. The molecule has 0 saturated heterocycles. The maximum absolute atomic E-state index is 11.1. The summed E-state index contributed by atoms with van der Waals surface area (Å²) in [6.07, 6.45) is 1.95. The fourth-order valence-corrected chi connectivity index (χ4v) is 5.49. The van der Waals surface area contributed by atoms with Crippen LogP contribution in [-0.2, 0) is 16.2 Å². The summed E-state index contributed by atoms with van der Waals surface area (Å²) in [7, 11) is 0. The van der Waals surface area contributed by atoms with Crippen LogP contribution < -0.4 is 0 Å². The van der Waals surface area contributed by atoms with Gasteiger partial charge in [-0.2, -0.15) is 0 Å². The number of hydrogen-bond donors (Lipinski definition) is 2. The van der Waals surface area contributed by atoms with Gasteiger partial charge >= 0.3 is 0 Å². The molecule has 0 amide bonds. The van der Waals surface area contributed by atoms with E-state index in [1.54, 1.807) is 4.80 Å². The maximum atomic E-state index is 11.1. The number of fused-ring (bicyclic) bond motifs is 2. The smallest absolute Gasteiger partial charge is 0.146 e. The highest BCUT2D eigenvalue weighted by Crippen LogP contribution is 2.41. The van der Waals surface area contributed by atoms with Gasteiger partial charge in [0, 0.05) is 11.1 Å². The van der Waals surface area contributed by atoms with Crippen LogP contribution in [0.5, 0.6) is 11.5 Å². The lowest BCUT2D eigenvalue weighted by molar-refractivity contribution is 0.420. The summed E-state index contributed by atoms with van der Waals surface area (Å²) in [6, 6.07) is 23.6. The number of aromatic nitrogens is 6. The Balaban J connectivity index is 0.000000189. The van der Waals surface area contributed by atoms with E-state index in [-0.39, 0.29) is 27.7 Å². The van der Waals surface area contributed by atoms with E-state index in [4.69, 9.17) is 0 Å². The third-order valence-corrected chi connectivity index (χ3v) is 9.41. The highest BCUT2D eigenvalue weighted by molar-refractivity contribution is 5.74. The molecule has 2 aromatic heterocycles. The molecule has 0 radical (unpaired) electrons. The summed E-state index contributed by atoms with van der Waals surface area (Å²) in [5.74, 6) is 0.515. The van der Waals surface area contributed by atoms with Crippen LogP contribution in [0.1, 0.15) is 97.4 Å². The number of phenolic OH excluding ortho intramolecular Hbond substituents is 2.